The molecule has 0 radical (unpaired) electrons. The second-order valence-electron chi connectivity index (χ2n) is 14.8. The summed E-state index contributed by atoms with van der Waals surface area (Å²) in [7, 11) is 3.75. The number of thioether (sulfide) groups is 1. The Morgan fingerprint density at radius 2 is 1.79 bits per heavy atom. The molecule has 0 aliphatic carbocycles. The van der Waals surface area contributed by atoms with Crippen molar-refractivity contribution in [2.75, 3.05) is 32.1 Å². The molecule has 2 aromatic heterocycles. The number of ketones is 1. The van der Waals surface area contributed by atoms with E-state index in [0.717, 1.165) is 42.9 Å². The number of rotatable bonds is 18. The van der Waals surface area contributed by atoms with E-state index >= 15 is 0 Å². The topological polar surface area (TPSA) is 172 Å². The number of hydrogen-bond acceptors (Lipinski definition) is 12. The van der Waals surface area contributed by atoms with E-state index in [2.05, 4.69) is 25.2 Å². The third-order valence-corrected chi connectivity index (χ3v) is 12.4. The smallest absolute Gasteiger partial charge is 0.306 e. The zero-order valence-corrected chi connectivity index (χ0v) is 33.0. The van der Waals surface area contributed by atoms with Gasteiger partial charge in [0.05, 0.1) is 12.0 Å². The summed E-state index contributed by atoms with van der Waals surface area (Å²) in [4.78, 5) is 82.4. The molecule has 286 valence electrons. The molecular formula is C37H54N6O7S2. The van der Waals surface area contributed by atoms with Gasteiger partial charge in [0.25, 0.3) is 5.91 Å². The number of piperidine rings is 1. The third kappa shape index (κ3) is 11.3. The van der Waals surface area contributed by atoms with Gasteiger partial charge in [0.1, 0.15) is 16.5 Å². The summed E-state index contributed by atoms with van der Waals surface area (Å²) >= 11 is 2.96. The van der Waals surface area contributed by atoms with Gasteiger partial charge in [0, 0.05) is 69.0 Å². The number of esters is 1. The summed E-state index contributed by atoms with van der Waals surface area (Å²) in [6, 6.07) is -1.08. The van der Waals surface area contributed by atoms with E-state index in [1.165, 1.54) is 18.3 Å². The number of likely N-dealkylation sites (tertiary alicyclic amines) is 1. The van der Waals surface area contributed by atoms with Gasteiger partial charge in [0.2, 0.25) is 5.91 Å². The van der Waals surface area contributed by atoms with E-state index < -0.39 is 41.8 Å². The molecule has 0 unspecified atom stereocenters. The Hall–Kier alpha value is -3.43. The van der Waals surface area contributed by atoms with Gasteiger partial charge >= 0.3 is 11.9 Å². The summed E-state index contributed by atoms with van der Waals surface area (Å²) in [5, 5.41) is 14.4. The zero-order valence-electron chi connectivity index (χ0n) is 31.4. The standard InChI is InChI=1S/C37H54N6O7S2/c1-21(2)30(43(7)36(47)27(25-18-51-19-25)14-31(45)29-10-8-9-11-42(29)6)15-32(50-24(5)44)35-41-28(20-52-35)34(46)40-26(12-23(4)37(48)49)13-33-38-16-22(3)17-39-33/h16-17,20-21,23,25-27,29-30,32H,8-15,18-19H2,1-7H3,(H,40,46)(H,48,49)/t23-,26+,27-,29+,30+,32+/m0/s1. The normalized spacial score (nSPS) is 19.5. The Labute approximate surface area is 315 Å². The van der Waals surface area contributed by atoms with E-state index in [1.54, 1.807) is 48.4 Å². The predicted molar refractivity (Wildman–Crippen MR) is 200 cm³/mol. The lowest BCUT2D eigenvalue weighted by Gasteiger charge is -2.40. The number of carbonyl (C=O) groups excluding carboxylic acids is 4. The van der Waals surface area contributed by atoms with Crippen LogP contribution >= 0.6 is 23.1 Å². The monoisotopic (exact) mass is 758 g/mol. The van der Waals surface area contributed by atoms with Crippen molar-refractivity contribution in [3.8, 4) is 0 Å². The molecule has 4 heterocycles. The number of ether oxygens (including phenoxy) is 1. The van der Waals surface area contributed by atoms with Gasteiger partial charge in [-0.05, 0) is 68.7 Å². The summed E-state index contributed by atoms with van der Waals surface area (Å²) < 4.78 is 5.78. The number of thiazole rings is 1. The zero-order chi connectivity index (χ0) is 38.1. The number of hydrogen-bond donors (Lipinski definition) is 2. The average Bonchev–Trinajstić information content (AvgIpc) is 3.56. The molecule has 2 aliphatic heterocycles. The van der Waals surface area contributed by atoms with Crippen molar-refractivity contribution in [3.63, 3.8) is 0 Å². The molecule has 0 saturated carbocycles. The molecule has 13 nitrogen and oxygen atoms in total. The van der Waals surface area contributed by atoms with Crippen LogP contribution in [0.25, 0.3) is 0 Å². The first-order valence-corrected chi connectivity index (χ1v) is 20.2. The molecule has 0 bridgehead atoms. The first-order chi connectivity index (χ1) is 24.6. The number of nitrogens with one attached hydrogen (secondary N) is 1. The molecule has 52 heavy (non-hydrogen) atoms. The molecule has 6 atom stereocenters. The van der Waals surface area contributed by atoms with Crippen LogP contribution in [0.3, 0.4) is 0 Å². The molecule has 2 aliphatic rings. The SMILES string of the molecule is CC(=O)O[C@H](C[C@H](C(C)C)N(C)C(=O)[C@@H](CC(=O)[C@H]1CCCCN1C)C1CSC1)c1nc(C(=O)N[C@@H](Cc2ncc(C)cn2)C[C@H](C)C(=O)O)cs1. The number of carbonyl (C=O) groups is 5. The maximum atomic E-state index is 14.3. The van der Waals surface area contributed by atoms with Crippen LogP contribution in [0, 0.1) is 30.6 Å². The fourth-order valence-corrected chi connectivity index (χ4v) is 8.77. The summed E-state index contributed by atoms with van der Waals surface area (Å²) in [6.07, 6.45) is 6.28. The minimum absolute atomic E-state index is 0.0210. The number of aromatic nitrogens is 3. The third-order valence-electron chi connectivity index (χ3n) is 10.2. The highest BCUT2D eigenvalue weighted by Gasteiger charge is 2.41. The van der Waals surface area contributed by atoms with Crippen LogP contribution in [0.5, 0.6) is 0 Å². The Balaban J connectivity index is 1.50. The van der Waals surface area contributed by atoms with Crippen LogP contribution < -0.4 is 5.32 Å². The van der Waals surface area contributed by atoms with Gasteiger partial charge in [0.15, 0.2) is 11.9 Å². The van der Waals surface area contributed by atoms with E-state index in [0.29, 0.717) is 10.8 Å². The Bertz CT molecular complexity index is 1550. The largest absolute Gasteiger partial charge is 0.481 e. The predicted octanol–water partition coefficient (Wildman–Crippen LogP) is 4.59. The van der Waals surface area contributed by atoms with Gasteiger partial charge in [-0.1, -0.05) is 27.2 Å². The maximum absolute atomic E-state index is 14.3. The average molecular weight is 759 g/mol. The van der Waals surface area contributed by atoms with E-state index in [9.17, 15) is 29.1 Å². The number of aliphatic carboxylic acids is 1. The summed E-state index contributed by atoms with van der Waals surface area (Å²) in [5.74, 6) is -0.800. The van der Waals surface area contributed by atoms with Crippen LogP contribution in [0.2, 0.25) is 0 Å². The van der Waals surface area contributed by atoms with Gasteiger partial charge in [-0.25, -0.2) is 15.0 Å². The molecule has 2 fully saturated rings. The molecule has 4 rings (SSSR count). The number of likely N-dealkylation sites (N-methyl/N-ethyl adjacent to an activating group) is 1. The maximum Gasteiger partial charge on any atom is 0.306 e. The van der Waals surface area contributed by atoms with Gasteiger partial charge in [-0.2, -0.15) is 11.8 Å². The van der Waals surface area contributed by atoms with Crippen LogP contribution in [0.4, 0.5) is 0 Å². The number of amides is 2. The molecular weight excluding hydrogens is 705 g/mol. The molecule has 2 N–H and O–H groups in total. The quantitative estimate of drug-likeness (QED) is 0.203. The van der Waals surface area contributed by atoms with E-state index in [1.807, 2.05) is 27.8 Å². The highest BCUT2D eigenvalue weighted by molar-refractivity contribution is 8.00. The van der Waals surface area contributed by atoms with Crippen molar-refractivity contribution in [2.24, 2.45) is 23.7 Å². The van der Waals surface area contributed by atoms with E-state index in [-0.39, 0.29) is 67.0 Å². The molecule has 0 aromatic carbocycles. The van der Waals surface area contributed by atoms with Crippen molar-refractivity contribution in [2.45, 2.75) is 104 Å². The number of Topliss-reactive ketones (excluding diaryl/α,β-unsaturated/α-hetero) is 1. The van der Waals surface area contributed by atoms with E-state index in [4.69, 9.17) is 4.74 Å². The molecule has 2 aromatic rings. The highest BCUT2D eigenvalue weighted by atomic mass is 32.2. The van der Waals surface area contributed by atoms with Crippen LogP contribution in [-0.2, 0) is 30.3 Å². The number of nitrogens with zero attached hydrogens (tertiary/aromatic N) is 5. The van der Waals surface area contributed by atoms with Crippen molar-refractivity contribution in [1.82, 2.24) is 30.1 Å². The van der Waals surface area contributed by atoms with Gasteiger partial charge in [-0.3, -0.25) is 28.9 Å². The fourth-order valence-electron chi connectivity index (χ4n) is 6.96. The first-order valence-electron chi connectivity index (χ1n) is 18.2. The molecule has 15 heteroatoms. The van der Waals surface area contributed by atoms with Crippen LogP contribution in [-0.4, -0.2) is 110 Å². The lowest BCUT2D eigenvalue weighted by atomic mass is 9.84. The second-order valence-corrected chi connectivity index (χ2v) is 16.7. The summed E-state index contributed by atoms with van der Waals surface area (Å²) in [5.41, 5.74) is 0.986. The highest BCUT2D eigenvalue weighted by Crippen LogP contribution is 2.37. The molecule has 2 amide bonds. The van der Waals surface area contributed by atoms with Crippen molar-refractivity contribution >= 4 is 52.6 Å². The molecule has 0 spiro atoms. The second kappa shape index (κ2) is 19.1. The number of aryl methyl sites for hydroxylation is 1. The lowest BCUT2D eigenvalue weighted by Crippen LogP contribution is -2.50. The lowest BCUT2D eigenvalue weighted by molar-refractivity contribution is -0.149. The molecule has 2 saturated heterocycles. The minimum atomic E-state index is -0.978. The van der Waals surface area contributed by atoms with Crippen molar-refractivity contribution < 1.29 is 33.8 Å². The van der Waals surface area contributed by atoms with Gasteiger partial charge in [-0.15, -0.1) is 11.3 Å². The number of carboxylic acids is 1. The van der Waals surface area contributed by atoms with Crippen LogP contribution in [0.1, 0.15) is 99.2 Å². The fraction of sp³-hybridized carbons (Fsp3) is 0.676. The number of carboxylic acid groups (broad SMARTS) is 1. The Morgan fingerprint density at radius 1 is 1.10 bits per heavy atom. The van der Waals surface area contributed by atoms with Crippen molar-refractivity contribution in [3.05, 3.63) is 39.9 Å². The Kier molecular flexibility index (Phi) is 15.1. The Morgan fingerprint density at radius 3 is 2.37 bits per heavy atom. The summed E-state index contributed by atoms with van der Waals surface area (Å²) in [6.45, 7) is 9.65. The van der Waals surface area contributed by atoms with Crippen LogP contribution in [0.15, 0.2) is 17.8 Å². The minimum Gasteiger partial charge on any atom is -0.481 e. The first kappa shape index (κ1) is 41.3. The van der Waals surface area contributed by atoms with Crippen molar-refractivity contribution in [1.29, 1.82) is 0 Å². The van der Waals surface area contributed by atoms with Gasteiger partial charge < -0.3 is 20.1 Å².